The smallest absolute Gasteiger partial charge is 0.0124 e. The van der Waals surface area contributed by atoms with Gasteiger partial charge in [0.15, 0.2) is 0 Å². The van der Waals surface area contributed by atoms with Crippen LogP contribution in [-0.4, -0.2) is 0 Å². The van der Waals surface area contributed by atoms with E-state index in [1.807, 2.05) is 0 Å². The second-order valence-corrected chi connectivity index (χ2v) is 5.58. The number of rotatable bonds is 5. The van der Waals surface area contributed by atoms with Gasteiger partial charge in [-0.05, 0) is 49.1 Å². The van der Waals surface area contributed by atoms with Gasteiger partial charge >= 0.3 is 0 Å². The average Bonchev–Trinajstić information content (AvgIpc) is 2.41. The number of aryl methyl sites for hydroxylation is 1. The largest absolute Gasteiger partial charge is 0.0847 e. The van der Waals surface area contributed by atoms with E-state index in [4.69, 9.17) is 0 Å². The highest BCUT2D eigenvalue weighted by Gasteiger charge is 2.15. The molecular formula is C18H26. The molecule has 98 valence electrons. The number of benzene rings is 1. The fourth-order valence-electron chi connectivity index (χ4n) is 2.98. The first-order valence-electron chi connectivity index (χ1n) is 7.60. The number of hydrogen-bond acceptors (Lipinski definition) is 0. The predicted octanol–water partition coefficient (Wildman–Crippen LogP) is 5.63. The lowest BCUT2D eigenvalue weighted by Crippen LogP contribution is -2.04. The molecule has 0 aliphatic heterocycles. The van der Waals surface area contributed by atoms with Crippen LogP contribution in [0.5, 0.6) is 0 Å². The van der Waals surface area contributed by atoms with E-state index in [0.717, 1.165) is 5.92 Å². The molecule has 1 aliphatic rings. The van der Waals surface area contributed by atoms with E-state index in [1.165, 1.54) is 50.5 Å². The minimum absolute atomic E-state index is 0.765. The van der Waals surface area contributed by atoms with Crippen molar-refractivity contribution in [1.82, 2.24) is 0 Å². The lowest BCUT2D eigenvalue weighted by molar-refractivity contribution is 0.583. The molecule has 0 N–H and O–H groups in total. The maximum absolute atomic E-state index is 2.50. The number of hydrogen-bond donors (Lipinski definition) is 0. The fourth-order valence-corrected chi connectivity index (χ4v) is 2.98. The minimum Gasteiger partial charge on any atom is -0.0847 e. The third-order valence-corrected chi connectivity index (χ3v) is 4.07. The van der Waals surface area contributed by atoms with Crippen LogP contribution in [0.1, 0.15) is 69.4 Å². The van der Waals surface area contributed by atoms with Crippen LogP contribution in [0.25, 0.3) is 0 Å². The maximum atomic E-state index is 2.50. The molecule has 18 heavy (non-hydrogen) atoms. The summed E-state index contributed by atoms with van der Waals surface area (Å²) in [6.07, 6.45) is 11.5. The third kappa shape index (κ3) is 3.48. The summed E-state index contributed by atoms with van der Waals surface area (Å²) in [6, 6.07) is 9.36. The van der Waals surface area contributed by atoms with Crippen molar-refractivity contribution in [3.8, 4) is 0 Å². The van der Waals surface area contributed by atoms with Gasteiger partial charge in [0.2, 0.25) is 0 Å². The molecule has 0 saturated carbocycles. The summed E-state index contributed by atoms with van der Waals surface area (Å²) in [5.74, 6) is 0.765. The lowest BCUT2D eigenvalue weighted by atomic mass is 9.83. The molecule has 0 radical (unpaired) electrons. The Labute approximate surface area is 112 Å². The molecule has 1 unspecified atom stereocenters. The first-order valence-corrected chi connectivity index (χ1v) is 7.60. The zero-order valence-electron chi connectivity index (χ0n) is 11.9. The van der Waals surface area contributed by atoms with Gasteiger partial charge in [0.25, 0.3) is 0 Å². The van der Waals surface area contributed by atoms with Crippen molar-refractivity contribution >= 4 is 0 Å². The molecule has 0 bridgehead atoms. The third-order valence-electron chi connectivity index (χ3n) is 4.07. The Balaban J connectivity index is 1.96. The van der Waals surface area contributed by atoms with Crippen LogP contribution in [0.15, 0.2) is 35.9 Å². The van der Waals surface area contributed by atoms with Crippen LogP contribution in [0.2, 0.25) is 0 Å². The van der Waals surface area contributed by atoms with Crippen molar-refractivity contribution in [2.75, 3.05) is 0 Å². The van der Waals surface area contributed by atoms with Gasteiger partial charge in [-0.2, -0.15) is 0 Å². The molecule has 0 spiro atoms. The quantitative estimate of drug-likeness (QED) is 0.587. The highest BCUT2D eigenvalue weighted by Crippen LogP contribution is 2.33. The Morgan fingerprint density at radius 2 is 1.72 bits per heavy atom. The summed E-state index contributed by atoms with van der Waals surface area (Å²) in [5.41, 5.74) is 4.72. The van der Waals surface area contributed by atoms with E-state index in [-0.39, 0.29) is 0 Å². The molecule has 0 amide bonds. The van der Waals surface area contributed by atoms with Gasteiger partial charge in [-0.25, -0.2) is 0 Å². The zero-order chi connectivity index (χ0) is 12.8. The normalized spacial score (nSPS) is 19.7. The van der Waals surface area contributed by atoms with Crippen molar-refractivity contribution in [2.45, 2.75) is 64.7 Å². The Morgan fingerprint density at radius 1 is 1.00 bits per heavy atom. The van der Waals surface area contributed by atoms with Gasteiger partial charge in [-0.1, -0.05) is 62.6 Å². The van der Waals surface area contributed by atoms with Gasteiger partial charge in [0, 0.05) is 0 Å². The van der Waals surface area contributed by atoms with Crippen molar-refractivity contribution in [3.05, 3.63) is 47.0 Å². The molecule has 0 heteroatoms. The van der Waals surface area contributed by atoms with E-state index in [0.29, 0.717) is 0 Å². The Kier molecular flexibility index (Phi) is 5.04. The van der Waals surface area contributed by atoms with E-state index in [9.17, 15) is 0 Å². The van der Waals surface area contributed by atoms with E-state index < -0.39 is 0 Å². The van der Waals surface area contributed by atoms with E-state index in [1.54, 1.807) is 11.1 Å². The van der Waals surface area contributed by atoms with Gasteiger partial charge in [-0.3, -0.25) is 0 Å². The average molecular weight is 242 g/mol. The summed E-state index contributed by atoms with van der Waals surface area (Å²) < 4.78 is 0. The first kappa shape index (κ1) is 13.4. The van der Waals surface area contributed by atoms with Crippen molar-refractivity contribution < 1.29 is 0 Å². The summed E-state index contributed by atoms with van der Waals surface area (Å²) >= 11 is 0. The molecule has 1 aromatic rings. The second-order valence-electron chi connectivity index (χ2n) is 5.58. The van der Waals surface area contributed by atoms with Gasteiger partial charge in [0.1, 0.15) is 0 Å². The van der Waals surface area contributed by atoms with Crippen LogP contribution in [0, 0.1) is 0 Å². The van der Waals surface area contributed by atoms with Gasteiger partial charge in [-0.15, -0.1) is 0 Å². The van der Waals surface area contributed by atoms with Crippen molar-refractivity contribution in [2.24, 2.45) is 0 Å². The fraction of sp³-hybridized carbons (Fsp3) is 0.556. The summed E-state index contributed by atoms with van der Waals surface area (Å²) in [5, 5.41) is 0. The zero-order valence-corrected chi connectivity index (χ0v) is 11.9. The van der Waals surface area contributed by atoms with Gasteiger partial charge < -0.3 is 0 Å². The van der Waals surface area contributed by atoms with Crippen molar-refractivity contribution in [1.29, 1.82) is 0 Å². The van der Waals surface area contributed by atoms with Crippen LogP contribution in [-0.2, 0) is 6.42 Å². The molecule has 2 rings (SSSR count). The highest BCUT2D eigenvalue weighted by molar-refractivity contribution is 5.27. The Morgan fingerprint density at radius 3 is 2.28 bits per heavy atom. The molecule has 0 saturated heterocycles. The van der Waals surface area contributed by atoms with Crippen LogP contribution >= 0.6 is 0 Å². The SMILES string of the molecule is CCCC1=CCC(c2ccc(CCC)cc2)CC1. The number of allylic oxidation sites excluding steroid dienone is 2. The minimum atomic E-state index is 0.765. The van der Waals surface area contributed by atoms with Gasteiger partial charge in [0.05, 0.1) is 0 Å². The molecule has 0 fully saturated rings. The maximum Gasteiger partial charge on any atom is -0.0124 e. The molecule has 1 aliphatic carbocycles. The monoisotopic (exact) mass is 242 g/mol. The van der Waals surface area contributed by atoms with E-state index >= 15 is 0 Å². The standard InChI is InChI=1S/C18H26/c1-3-5-15-7-11-17(12-8-15)18-13-9-16(6-4-2)10-14-18/h7-9,11-12,18H,3-6,10,13-14H2,1-2H3. The second kappa shape index (κ2) is 6.78. The topological polar surface area (TPSA) is 0 Å². The highest BCUT2D eigenvalue weighted by atomic mass is 14.2. The van der Waals surface area contributed by atoms with Crippen LogP contribution in [0.4, 0.5) is 0 Å². The predicted molar refractivity (Wildman–Crippen MR) is 80.0 cm³/mol. The lowest BCUT2D eigenvalue weighted by Gasteiger charge is -2.22. The summed E-state index contributed by atoms with van der Waals surface area (Å²) in [6.45, 7) is 4.52. The Bertz CT molecular complexity index is 383. The summed E-state index contributed by atoms with van der Waals surface area (Å²) in [7, 11) is 0. The molecular weight excluding hydrogens is 216 g/mol. The van der Waals surface area contributed by atoms with Crippen LogP contribution < -0.4 is 0 Å². The van der Waals surface area contributed by atoms with Crippen molar-refractivity contribution in [3.63, 3.8) is 0 Å². The van der Waals surface area contributed by atoms with Crippen LogP contribution in [0.3, 0.4) is 0 Å². The molecule has 0 nitrogen and oxygen atoms in total. The molecule has 0 aromatic heterocycles. The molecule has 0 heterocycles. The molecule has 1 atom stereocenters. The first-order chi connectivity index (χ1) is 8.83. The Hall–Kier alpha value is -1.04. The molecule has 1 aromatic carbocycles. The summed E-state index contributed by atoms with van der Waals surface area (Å²) in [4.78, 5) is 0. The van der Waals surface area contributed by atoms with E-state index in [2.05, 4.69) is 44.2 Å².